The fraction of sp³-hybridized carbons (Fsp3) is 0.345. The van der Waals surface area contributed by atoms with Gasteiger partial charge in [0, 0.05) is 38.1 Å². The molecule has 0 radical (unpaired) electrons. The highest BCUT2D eigenvalue weighted by Gasteiger charge is 2.39. The quantitative estimate of drug-likeness (QED) is 0.372. The number of carbonyl (C=O) groups is 1. The van der Waals surface area contributed by atoms with Crippen LogP contribution in [0.2, 0.25) is 5.02 Å². The molecule has 0 aliphatic heterocycles. The zero-order valence-corrected chi connectivity index (χ0v) is 23.0. The Bertz CT molecular complexity index is 1330. The Morgan fingerprint density at radius 3 is 2.42 bits per heavy atom. The van der Waals surface area contributed by atoms with Gasteiger partial charge in [-0.05, 0) is 53.8 Å². The van der Waals surface area contributed by atoms with Gasteiger partial charge in [0.05, 0.1) is 23.1 Å². The molecule has 3 aromatic rings. The summed E-state index contributed by atoms with van der Waals surface area (Å²) in [5.41, 5.74) is 3.17. The molecule has 4 atom stereocenters. The van der Waals surface area contributed by atoms with Crippen LogP contribution in [0.3, 0.4) is 0 Å². The second-order valence-corrected chi connectivity index (χ2v) is 11.9. The van der Waals surface area contributed by atoms with Gasteiger partial charge in [-0.3, -0.25) is 4.79 Å². The van der Waals surface area contributed by atoms with Crippen LogP contribution in [0.5, 0.6) is 0 Å². The molecule has 1 aliphatic rings. The molecule has 0 heterocycles. The molecule has 9 heteroatoms. The van der Waals surface area contributed by atoms with Crippen molar-refractivity contribution < 1.29 is 23.1 Å². The van der Waals surface area contributed by atoms with Crippen LogP contribution in [-0.2, 0) is 32.4 Å². The van der Waals surface area contributed by atoms with E-state index in [1.807, 2.05) is 48.5 Å². The summed E-state index contributed by atoms with van der Waals surface area (Å²) < 4.78 is 33.5. The van der Waals surface area contributed by atoms with Gasteiger partial charge in [-0.25, -0.2) is 13.1 Å². The van der Waals surface area contributed by atoms with E-state index in [1.165, 1.54) is 24.3 Å². The largest absolute Gasteiger partial charge is 0.392 e. The molecule has 0 saturated carbocycles. The fourth-order valence-corrected chi connectivity index (χ4v) is 6.32. The zero-order chi connectivity index (χ0) is 27.3. The Morgan fingerprint density at radius 2 is 1.74 bits per heavy atom. The molecule has 7 nitrogen and oxygen atoms in total. The molecule has 0 saturated heterocycles. The van der Waals surface area contributed by atoms with Crippen LogP contribution in [0.1, 0.15) is 29.2 Å². The molecule has 2 N–H and O–H groups in total. The van der Waals surface area contributed by atoms with Gasteiger partial charge in [0.25, 0.3) is 0 Å². The highest BCUT2D eigenvalue weighted by Crippen LogP contribution is 2.38. The van der Waals surface area contributed by atoms with Crippen molar-refractivity contribution in [3.8, 4) is 0 Å². The second-order valence-electron chi connectivity index (χ2n) is 9.65. The molecule has 38 heavy (non-hydrogen) atoms. The van der Waals surface area contributed by atoms with Gasteiger partial charge in [0.15, 0.2) is 0 Å². The van der Waals surface area contributed by atoms with Crippen LogP contribution < -0.4 is 4.72 Å². The van der Waals surface area contributed by atoms with Gasteiger partial charge >= 0.3 is 0 Å². The topological polar surface area (TPSA) is 95.9 Å². The van der Waals surface area contributed by atoms with Crippen molar-refractivity contribution in [3.63, 3.8) is 0 Å². The van der Waals surface area contributed by atoms with Gasteiger partial charge in [-0.15, -0.1) is 0 Å². The highest BCUT2D eigenvalue weighted by atomic mass is 35.5. The SMILES string of the molecule is CO[C@H]1Cc2ccccc2[C@@H]1N(C)C(=O)[C@H](Cc1ccccc1)C[C@H](O)CNS(=O)(=O)c1ccc(Cl)cc1. The van der Waals surface area contributed by atoms with Crippen molar-refractivity contribution in [2.45, 2.75) is 42.4 Å². The first-order valence-corrected chi connectivity index (χ1v) is 14.4. The van der Waals surface area contributed by atoms with Gasteiger partial charge in [0.2, 0.25) is 15.9 Å². The number of aliphatic hydroxyl groups excluding tert-OH is 1. The van der Waals surface area contributed by atoms with Gasteiger partial charge < -0.3 is 14.7 Å². The van der Waals surface area contributed by atoms with Gasteiger partial charge in [0.1, 0.15) is 0 Å². The lowest BCUT2D eigenvalue weighted by Crippen LogP contribution is -2.42. The van der Waals surface area contributed by atoms with Crippen molar-refractivity contribution >= 4 is 27.5 Å². The van der Waals surface area contributed by atoms with Crippen molar-refractivity contribution in [1.82, 2.24) is 9.62 Å². The van der Waals surface area contributed by atoms with E-state index in [9.17, 15) is 18.3 Å². The summed E-state index contributed by atoms with van der Waals surface area (Å²) in [4.78, 5) is 15.7. The number of hydrogen-bond acceptors (Lipinski definition) is 5. The normalized spacial score (nSPS) is 18.5. The number of benzene rings is 3. The third-order valence-corrected chi connectivity index (χ3v) is 8.77. The third kappa shape index (κ3) is 6.62. The summed E-state index contributed by atoms with van der Waals surface area (Å²) in [6, 6.07) is 23.2. The molecule has 0 bridgehead atoms. The number of nitrogens with zero attached hydrogens (tertiary/aromatic N) is 1. The first-order chi connectivity index (χ1) is 18.2. The smallest absolute Gasteiger partial charge is 0.240 e. The molecule has 0 aromatic heterocycles. The number of carbonyl (C=O) groups excluding carboxylic acids is 1. The van der Waals surface area contributed by atoms with Crippen molar-refractivity contribution in [1.29, 1.82) is 0 Å². The Labute approximate surface area is 229 Å². The monoisotopic (exact) mass is 556 g/mol. The molecular weight excluding hydrogens is 524 g/mol. The van der Waals surface area contributed by atoms with Gasteiger partial charge in [-0.2, -0.15) is 0 Å². The van der Waals surface area contributed by atoms with E-state index in [0.717, 1.165) is 16.7 Å². The van der Waals surface area contributed by atoms with E-state index in [1.54, 1.807) is 19.1 Å². The van der Waals surface area contributed by atoms with Crippen LogP contribution in [-0.4, -0.2) is 57.2 Å². The number of ether oxygens (including phenoxy) is 1. The number of methoxy groups -OCH3 is 1. The number of nitrogens with one attached hydrogen (secondary N) is 1. The molecule has 0 unspecified atom stereocenters. The maximum atomic E-state index is 13.9. The average molecular weight is 557 g/mol. The molecule has 1 amide bonds. The summed E-state index contributed by atoms with van der Waals surface area (Å²) in [6.45, 7) is -0.222. The van der Waals surface area contributed by atoms with Crippen LogP contribution in [0.15, 0.2) is 83.8 Å². The van der Waals surface area contributed by atoms with Crippen molar-refractivity contribution in [3.05, 3.63) is 101 Å². The molecular formula is C29H33ClN2O5S. The molecule has 202 valence electrons. The molecule has 3 aromatic carbocycles. The fourth-order valence-electron chi connectivity index (χ4n) is 5.12. The Morgan fingerprint density at radius 1 is 1.08 bits per heavy atom. The summed E-state index contributed by atoms with van der Waals surface area (Å²) in [5, 5.41) is 11.3. The minimum atomic E-state index is -3.84. The Hall–Kier alpha value is -2.75. The first-order valence-electron chi connectivity index (χ1n) is 12.5. The number of rotatable bonds is 11. The number of sulfonamides is 1. The summed E-state index contributed by atoms with van der Waals surface area (Å²) in [7, 11) is -0.416. The zero-order valence-electron chi connectivity index (χ0n) is 21.5. The Kier molecular flexibility index (Phi) is 9.23. The number of fused-ring (bicyclic) bond motifs is 1. The highest BCUT2D eigenvalue weighted by molar-refractivity contribution is 7.89. The number of likely N-dealkylation sites (N-methyl/N-ethyl adjacent to an activating group) is 1. The van der Waals surface area contributed by atoms with E-state index in [-0.39, 0.29) is 35.9 Å². The minimum absolute atomic E-state index is 0.0521. The molecule has 1 aliphatic carbocycles. The van der Waals surface area contributed by atoms with Gasteiger partial charge in [-0.1, -0.05) is 66.2 Å². The van der Waals surface area contributed by atoms with E-state index >= 15 is 0 Å². The lowest BCUT2D eigenvalue weighted by molar-refractivity contribution is -0.140. The minimum Gasteiger partial charge on any atom is -0.392 e. The summed E-state index contributed by atoms with van der Waals surface area (Å²) >= 11 is 5.86. The summed E-state index contributed by atoms with van der Waals surface area (Å²) in [5.74, 6) is -0.695. The second kappa shape index (κ2) is 12.4. The van der Waals surface area contributed by atoms with Crippen LogP contribution in [0, 0.1) is 5.92 Å². The van der Waals surface area contributed by atoms with E-state index in [2.05, 4.69) is 10.8 Å². The van der Waals surface area contributed by atoms with Crippen molar-refractivity contribution in [2.75, 3.05) is 20.7 Å². The van der Waals surface area contributed by atoms with Crippen LogP contribution in [0.4, 0.5) is 0 Å². The van der Waals surface area contributed by atoms with E-state index in [0.29, 0.717) is 17.9 Å². The number of amides is 1. The van der Waals surface area contributed by atoms with Crippen molar-refractivity contribution in [2.24, 2.45) is 5.92 Å². The predicted octanol–water partition coefficient (Wildman–Crippen LogP) is 4.00. The lowest BCUT2D eigenvalue weighted by Gasteiger charge is -2.33. The molecule has 0 spiro atoms. The third-order valence-electron chi connectivity index (χ3n) is 7.08. The number of aliphatic hydroxyl groups is 1. The lowest BCUT2D eigenvalue weighted by atomic mass is 9.91. The molecule has 4 rings (SSSR count). The van der Waals surface area contributed by atoms with Crippen LogP contribution in [0.25, 0.3) is 0 Å². The van der Waals surface area contributed by atoms with E-state index < -0.39 is 22.0 Å². The first kappa shape index (κ1) is 28.3. The Balaban J connectivity index is 1.50. The maximum absolute atomic E-state index is 13.9. The van der Waals surface area contributed by atoms with Crippen LogP contribution >= 0.6 is 11.6 Å². The average Bonchev–Trinajstić information content (AvgIpc) is 3.30. The maximum Gasteiger partial charge on any atom is 0.240 e. The standard InChI is InChI=1S/C29H33ClN2O5S/c1-32(28-26-11-7-6-10-21(26)18-27(28)37-2)29(34)22(16-20-8-4-3-5-9-20)17-24(33)19-31-38(35,36)25-14-12-23(30)13-15-25/h3-15,22,24,27-28,31,33H,16-19H2,1-2H3/t22-,24+,27+,28+/m1/s1. The number of halogens is 1. The van der Waals surface area contributed by atoms with E-state index in [4.69, 9.17) is 16.3 Å². The number of hydrogen-bond donors (Lipinski definition) is 2. The predicted molar refractivity (Wildman–Crippen MR) is 147 cm³/mol. The summed E-state index contributed by atoms with van der Waals surface area (Å²) in [6.07, 6.45) is -0.0236. The molecule has 0 fully saturated rings.